The van der Waals surface area contributed by atoms with Crippen LogP contribution < -0.4 is 21.9 Å². The maximum absolute atomic E-state index is 2.57. The second-order valence-corrected chi connectivity index (χ2v) is 18.7. The molecular formula is C61H44B2N2. The topological polar surface area (TPSA) is 9.86 Å². The average Bonchev–Trinajstić information content (AvgIpc) is 3.90. The van der Waals surface area contributed by atoms with E-state index in [0.717, 1.165) is 0 Å². The lowest BCUT2D eigenvalue weighted by atomic mass is 9.19. The van der Waals surface area contributed by atoms with E-state index in [1.54, 1.807) is 0 Å². The molecule has 0 amide bonds. The molecule has 1 spiro atoms. The Bertz CT molecular complexity index is 3310. The van der Waals surface area contributed by atoms with Gasteiger partial charge in [-0.05, 0) is 83.1 Å². The van der Waals surface area contributed by atoms with Crippen LogP contribution in [-0.4, -0.2) is 22.6 Å². The van der Waals surface area contributed by atoms with Crippen molar-refractivity contribution >= 4 is 78.9 Å². The van der Waals surface area contributed by atoms with E-state index in [1.165, 1.54) is 88.0 Å². The van der Waals surface area contributed by atoms with Gasteiger partial charge in [0.1, 0.15) is 0 Å². The number of hydrogen-bond donors (Lipinski definition) is 0. The van der Waals surface area contributed by atoms with Crippen molar-refractivity contribution in [3.05, 3.63) is 254 Å². The van der Waals surface area contributed by atoms with E-state index < -0.39 is 0 Å². The van der Waals surface area contributed by atoms with Crippen LogP contribution in [0.15, 0.2) is 243 Å². The number of fused-ring (bicyclic) bond motifs is 14. The summed E-state index contributed by atoms with van der Waals surface area (Å²) >= 11 is 0. The Morgan fingerprint density at radius 2 is 0.646 bits per heavy atom. The number of aromatic nitrogens is 2. The molecular weight excluding hydrogens is 782 g/mol. The van der Waals surface area contributed by atoms with Gasteiger partial charge in [-0.25, -0.2) is 0 Å². The highest BCUT2D eigenvalue weighted by molar-refractivity contribution is 6.88. The van der Waals surface area contributed by atoms with Crippen molar-refractivity contribution in [3.63, 3.8) is 0 Å². The fraction of sp³-hybridized carbons (Fsp3) is 0.0820. The largest absolute Gasteiger partial charge is 0.309 e. The molecule has 0 fully saturated rings. The smallest absolute Gasteiger partial charge is 0.217 e. The monoisotopic (exact) mass is 826 g/mol. The molecule has 4 heteroatoms. The van der Waals surface area contributed by atoms with Crippen molar-refractivity contribution in [2.24, 2.45) is 11.8 Å². The van der Waals surface area contributed by atoms with Gasteiger partial charge in [-0.3, -0.25) is 0 Å². The van der Waals surface area contributed by atoms with Crippen molar-refractivity contribution in [1.29, 1.82) is 0 Å². The number of allylic oxidation sites excluding steroid dienone is 8. The van der Waals surface area contributed by atoms with Gasteiger partial charge < -0.3 is 9.13 Å². The molecule has 4 aliphatic rings. The van der Waals surface area contributed by atoms with E-state index in [-0.39, 0.29) is 42.3 Å². The molecule has 4 atom stereocenters. The summed E-state index contributed by atoms with van der Waals surface area (Å²) in [7, 11) is 0. The first kappa shape index (κ1) is 36.9. The van der Waals surface area contributed by atoms with Gasteiger partial charge >= 0.3 is 0 Å². The molecule has 0 radical (unpaired) electrons. The van der Waals surface area contributed by atoms with Crippen molar-refractivity contribution in [1.82, 2.24) is 9.13 Å². The maximum Gasteiger partial charge on any atom is 0.217 e. The summed E-state index contributed by atoms with van der Waals surface area (Å²) in [5, 5.41) is 5.16. The molecule has 2 aliphatic heterocycles. The molecule has 4 unspecified atom stereocenters. The SMILES string of the molecule is C1=CC2B(c3ccc(-n4c5ccccc5c5ccccc54)cc3)c3ccccc3C3(c4ccccc4B(c4ccc(-n5c6ccccc6c6ccccc65)cc4)C4C=CC=CC43)C2C=C1. The molecule has 2 aromatic heterocycles. The molecule has 0 N–H and O–H groups in total. The quantitative estimate of drug-likeness (QED) is 0.156. The zero-order valence-electron chi connectivity index (χ0n) is 36.0. The average molecular weight is 827 g/mol. The molecule has 65 heavy (non-hydrogen) atoms. The predicted molar refractivity (Wildman–Crippen MR) is 276 cm³/mol. The van der Waals surface area contributed by atoms with Crippen molar-refractivity contribution < 1.29 is 0 Å². The van der Waals surface area contributed by atoms with Crippen molar-refractivity contribution in [2.45, 2.75) is 17.0 Å². The number of para-hydroxylation sites is 4. The molecule has 0 saturated heterocycles. The van der Waals surface area contributed by atoms with Crippen LogP contribution in [0.4, 0.5) is 0 Å². The molecule has 4 heterocycles. The Morgan fingerprint density at radius 3 is 1.03 bits per heavy atom. The van der Waals surface area contributed by atoms with Crippen LogP contribution in [-0.2, 0) is 5.41 Å². The maximum atomic E-state index is 2.57. The van der Waals surface area contributed by atoms with E-state index in [9.17, 15) is 0 Å². The predicted octanol–water partition coefficient (Wildman–Crippen LogP) is 11.6. The van der Waals surface area contributed by atoms with Crippen LogP contribution >= 0.6 is 0 Å². The van der Waals surface area contributed by atoms with Gasteiger partial charge in [0, 0.05) is 38.3 Å². The third-order valence-corrected chi connectivity index (χ3v) is 15.8. The van der Waals surface area contributed by atoms with Gasteiger partial charge in [0.2, 0.25) is 13.4 Å². The Balaban J connectivity index is 0.914. The highest BCUT2D eigenvalue weighted by Gasteiger charge is 2.61. The van der Waals surface area contributed by atoms with Gasteiger partial charge in [0.05, 0.1) is 22.1 Å². The van der Waals surface area contributed by atoms with E-state index in [0.29, 0.717) is 0 Å². The Kier molecular flexibility index (Phi) is 8.07. The van der Waals surface area contributed by atoms with Crippen LogP contribution in [0.25, 0.3) is 55.0 Å². The van der Waals surface area contributed by atoms with Crippen LogP contribution in [0.2, 0.25) is 11.6 Å². The molecule has 2 nitrogen and oxygen atoms in total. The minimum Gasteiger partial charge on any atom is -0.309 e. The van der Waals surface area contributed by atoms with Gasteiger partial charge in [-0.15, -0.1) is 0 Å². The second-order valence-electron chi connectivity index (χ2n) is 18.7. The first-order valence-corrected chi connectivity index (χ1v) is 23.3. The molecule has 0 bridgehead atoms. The van der Waals surface area contributed by atoms with Crippen LogP contribution in [0, 0.1) is 11.8 Å². The minimum atomic E-state index is -0.274. The number of hydrogen-bond acceptors (Lipinski definition) is 0. The summed E-state index contributed by atoms with van der Waals surface area (Å²) in [4.78, 5) is 0. The fourth-order valence-corrected chi connectivity index (χ4v) is 13.5. The molecule has 8 aromatic carbocycles. The standard InChI is InChI=1S/C61H44B2N2/c1-13-29-57-45(17-1)46-18-2-14-30-58(46)64(57)43-37-33-41(34-38-43)62-53-25-9-5-21-49(53)61(50-22-6-10-26-54(50)62)51-23-7-11-27-55(51)63(56-28-12-8-24-52(56)61)42-35-39-44(40-36-42)65-59-31-15-3-19-47(59)48-20-4-16-32-60(48)65/h1-40,49,51,53,55H. The first-order valence-electron chi connectivity index (χ1n) is 23.3. The zero-order valence-corrected chi connectivity index (χ0v) is 36.0. The zero-order chi connectivity index (χ0) is 42.6. The molecule has 14 rings (SSSR count). The number of benzene rings is 8. The summed E-state index contributed by atoms with van der Waals surface area (Å²) in [5.41, 5.74) is 15.7. The van der Waals surface area contributed by atoms with Crippen LogP contribution in [0.3, 0.4) is 0 Å². The normalized spacial score (nSPS) is 21.6. The third kappa shape index (κ3) is 5.14. The van der Waals surface area contributed by atoms with Crippen molar-refractivity contribution in [2.75, 3.05) is 0 Å². The van der Waals surface area contributed by atoms with E-state index in [4.69, 9.17) is 0 Å². The third-order valence-electron chi connectivity index (χ3n) is 15.8. The lowest BCUT2D eigenvalue weighted by Gasteiger charge is -2.59. The number of nitrogens with zero attached hydrogens (tertiary/aromatic N) is 2. The van der Waals surface area contributed by atoms with Crippen molar-refractivity contribution in [3.8, 4) is 11.4 Å². The molecule has 2 aliphatic carbocycles. The van der Waals surface area contributed by atoms with Gasteiger partial charge in [0.15, 0.2) is 0 Å². The first-order chi connectivity index (χ1) is 32.3. The summed E-state index contributed by atoms with van der Waals surface area (Å²) in [6, 6.07) is 73.3. The van der Waals surface area contributed by atoms with Gasteiger partial charge in [0.25, 0.3) is 0 Å². The number of rotatable bonds is 4. The van der Waals surface area contributed by atoms with Crippen LogP contribution in [0.1, 0.15) is 11.1 Å². The van der Waals surface area contributed by atoms with E-state index >= 15 is 0 Å². The summed E-state index contributed by atoms with van der Waals surface area (Å²) in [6.45, 7) is 0.408. The van der Waals surface area contributed by atoms with E-state index in [1.807, 2.05) is 0 Å². The highest BCUT2D eigenvalue weighted by Crippen LogP contribution is 2.60. The summed E-state index contributed by atoms with van der Waals surface area (Å²) in [5.74, 6) is 1.02. The van der Waals surface area contributed by atoms with E-state index in [2.05, 4.69) is 252 Å². The Labute approximate surface area is 380 Å². The molecule has 0 saturated carbocycles. The molecule has 304 valence electrons. The fourth-order valence-electron chi connectivity index (χ4n) is 13.5. The molecule has 10 aromatic rings. The highest BCUT2D eigenvalue weighted by atomic mass is 15.0. The second kappa shape index (κ2) is 14.2. The lowest BCUT2D eigenvalue weighted by Crippen LogP contribution is -2.67. The minimum absolute atomic E-state index is 0.204. The summed E-state index contributed by atoms with van der Waals surface area (Å²) < 4.78 is 4.86. The van der Waals surface area contributed by atoms with Crippen LogP contribution in [0.5, 0.6) is 0 Å². The Morgan fingerprint density at radius 1 is 0.323 bits per heavy atom. The Hall–Kier alpha value is -7.55. The lowest BCUT2D eigenvalue weighted by molar-refractivity contribution is 0.281. The summed E-state index contributed by atoms with van der Waals surface area (Å²) in [6.07, 6.45) is 19.5. The van der Waals surface area contributed by atoms with Gasteiger partial charge in [-0.1, -0.05) is 216 Å². The van der Waals surface area contributed by atoms with Gasteiger partial charge in [-0.2, -0.15) is 0 Å².